The normalized spacial score (nSPS) is 11.0. The third-order valence-electron chi connectivity index (χ3n) is 4.56. The average Bonchev–Trinajstić information content (AvgIpc) is 2.52. The molecule has 1 aromatic heterocycles. The van der Waals surface area contributed by atoms with Crippen molar-refractivity contribution in [1.82, 2.24) is 4.98 Å². The number of rotatable bonds is 3. The number of nitrogens with one attached hydrogen (secondary N) is 2. The van der Waals surface area contributed by atoms with Crippen molar-refractivity contribution in [2.24, 2.45) is 0 Å². The number of pyridine rings is 1. The van der Waals surface area contributed by atoms with Gasteiger partial charge < -0.3 is 10.3 Å². The summed E-state index contributed by atoms with van der Waals surface area (Å²) in [5, 5.41) is 4.48. The predicted molar refractivity (Wildman–Crippen MR) is 97.3 cm³/mol. The Bertz CT molecular complexity index is 918. The molecule has 0 amide bonds. The average molecular weight is 306 g/mol. The molecule has 0 radical (unpaired) electrons. The fraction of sp³-hybridized carbons (Fsp3) is 0.250. The number of fused-ring (bicyclic) bond motifs is 1. The van der Waals surface area contributed by atoms with Crippen LogP contribution < -0.4 is 10.9 Å². The Hall–Kier alpha value is -2.55. The van der Waals surface area contributed by atoms with E-state index in [4.69, 9.17) is 0 Å². The lowest BCUT2D eigenvalue weighted by Gasteiger charge is -2.13. The Kier molecular flexibility index (Phi) is 3.95. The highest BCUT2D eigenvalue weighted by Crippen LogP contribution is 2.21. The minimum absolute atomic E-state index is 0.0232. The van der Waals surface area contributed by atoms with Crippen molar-refractivity contribution < 1.29 is 0 Å². The molecule has 0 fully saturated rings. The molecular formula is C20H22N2O. The van der Waals surface area contributed by atoms with E-state index in [0.717, 1.165) is 27.7 Å². The highest BCUT2D eigenvalue weighted by molar-refractivity contribution is 5.83. The molecule has 0 aliphatic rings. The molecule has 2 N–H and O–H groups in total. The molecule has 0 unspecified atom stereocenters. The molecule has 0 saturated carbocycles. The quantitative estimate of drug-likeness (QED) is 0.754. The second-order valence-corrected chi connectivity index (χ2v) is 6.22. The molecule has 0 saturated heterocycles. The number of anilines is 1. The topological polar surface area (TPSA) is 44.9 Å². The van der Waals surface area contributed by atoms with Gasteiger partial charge in [0.15, 0.2) is 0 Å². The third-order valence-corrected chi connectivity index (χ3v) is 4.56. The molecule has 3 heteroatoms. The smallest absolute Gasteiger partial charge is 0.253 e. The summed E-state index contributed by atoms with van der Waals surface area (Å²) in [5.41, 5.74) is 7.47. The van der Waals surface area contributed by atoms with Crippen LogP contribution in [0.3, 0.4) is 0 Å². The lowest BCUT2D eigenvalue weighted by atomic mass is 10.0. The first kappa shape index (κ1) is 15.3. The van der Waals surface area contributed by atoms with Crippen molar-refractivity contribution in [3.63, 3.8) is 0 Å². The first-order chi connectivity index (χ1) is 11.0. The lowest BCUT2D eigenvalue weighted by Crippen LogP contribution is -2.16. The van der Waals surface area contributed by atoms with Gasteiger partial charge in [-0.1, -0.05) is 30.3 Å². The SMILES string of the molecule is Cc1cccc(C)c1NCc1cc2ccc(C)c(C)c2[nH]c1=O. The summed E-state index contributed by atoms with van der Waals surface area (Å²) >= 11 is 0. The molecule has 23 heavy (non-hydrogen) atoms. The van der Waals surface area contributed by atoms with Crippen LogP contribution in [0.1, 0.15) is 27.8 Å². The molecule has 118 valence electrons. The van der Waals surface area contributed by atoms with E-state index in [9.17, 15) is 4.79 Å². The number of aromatic nitrogens is 1. The molecule has 0 aliphatic carbocycles. The van der Waals surface area contributed by atoms with E-state index in [2.05, 4.69) is 55.3 Å². The number of aryl methyl sites for hydroxylation is 4. The van der Waals surface area contributed by atoms with Gasteiger partial charge in [0, 0.05) is 17.8 Å². The van der Waals surface area contributed by atoms with Crippen molar-refractivity contribution in [3.05, 3.63) is 74.6 Å². The Balaban J connectivity index is 1.96. The van der Waals surface area contributed by atoms with Gasteiger partial charge >= 0.3 is 0 Å². The number of benzene rings is 2. The standard InChI is InChI=1S/C20H22N2O/c1-12-8-9-16-10-17(20(23)22-19(16)15(12)4)11-21-18-13(2)6-5-7-14(18)3/h5-10,21H,11H2,1-4H3,(H,22,23). The maximum atomic E-state index is 12.4. The van der Waals surface area contributed by atoms with Crippen LogP contribution in [0.25, 0.3) is 10.9 Å². The van der Waals surface area contributed by atoms with Crippen molar-refractivity contribution in [2.45, 2.75) is 34.2 Å². The molecule has 1 heterocycles. The van der Waals surface area contributed by atoms with Gasteiger partial charge in [0.05, 0.1) is 5.52 Å². The zero-order valence-electron chi connectivity index (χ0n) is 14.1. The van der Waals surface area contributed by atoms with Crippen LogP contribution in [0, 0.1) is 27.7 Å². The summed E-state index contributed by atoms with van der Waals surface area (Å²) in [6.45, 7) is 8.77. The van der Waals surface area contributed by atoms with Gasteiger partial charge in [-0.05, 0) is 61.4 Å². The molecule has 3 rings (SSSR count). The second-order valence-electron chi connectivity index (χ2n) is 6.22. The third kappa shape index (κ3) is 2.87. The number of para-hydroxylation sites is 1. The monoisotopic (exact) mass is 306 g/mol. The van der Waals surface area contributed by atoms with Gasteiger partial charge in [-0.3, -0.25) is 4.79 Å². The summed E-state index contributed by atoms with van der Waals surface area (Å²) in [7, 11) is 0. The number of hydrogen-bond acceptors (Lipinski definition) is 2. The van der Waals surface area contributed by atoms with Crippen LogP contribution in [0.5, 0.6) is 0 Å². The first-order valence-electron chi connectivity index (χ1n) is 7.89. The predicted octanol–water partition coefficient (Wildman–Crippen LogP) is 4.37. The van der Waals surface area contributed by atoms with Crippen molar-refractivity contribution in [1.29, 1.82) is 0 Å². The summed E-state index contributed by atoms with van der Waals surface area (Å²) in [4.78, 5) is 15.4. The van der Waals surface area contributed by atoms with Gasteiger partial charge in [-0.15, -0.1) is 0 Å². The van der Waals surface area contributed by atoms with Crippen molar-refractivity contribution in [3.8, 4) is 0 Å². The first-order valence-corrected chi connectivity index (χ1v) is 7.89. The van der Waals surface area contributed by atoms with Crippen LogP contribution >= 0.6 is 0 Å². The van der Waals surface area contributed by atoms with Gasteiger partial charge in [0.25, 0.3) is 5.56 Å². The van der Waals surface area contributed by atoms with E-state index in [1.807, 2.05) is 19.1 Å². The zero-order chi connectivity index (χ0) is 16.6. The fourth-order valence-corrected chi connectivity index (χ4v) is 2.98. The van der Waals surface area contributed by atoms with Crippen LogP contribution in [-0.2, 0) is 6.54 Å². The minimum Gasteiger partial charge on any atom is -0.380 e. The lowest BCUT2D eigenvalue weighted by molar-refractivity contribution is 1.08. The second kappa shape index (κ2) is 5.92. The summed E-state index contributed by atoms with van der Waals surface area (Å²) < 4.78 is 0. The largest absolute Gasteiger partial charge is 0.380 e. The Morgan fingerprint density at radius 2 is 1.65 bits per heavy atom. The molecule has 3 nitrogen and oxygen atoms in total. The van der Waals surface area contributed by atoms with E-state index in [1.165, 1.54) is 16.7 Å². The fourth-order valence-electron chi connectivity index (χ4n) is 2.98. The number of aromatic amines is 1. The van der Waals surface area contributed by atoms with Crippen molar-refractivity contribution in [2.75, 3.05) is 5.32 Å². The van der Waals surface area contributed by atoms with Gasteiger partial charge in [0.1, 0.15) is 0 Å². The Labute approximate surface area is 136 Å². The molecular weight excluding hydrogens is 284 g/mol. The van der Waals surface area contributed by atoms with Crippen LogP contribution in [-0.4, -0.2) is 4.98 Å². The van der Waals surface area contributed by atoms with Gasteiger partial charge in [-0.25, -0.2) is 0 Å². The van der Waals surface area contributed by atoms with E-state index in [0.29, 0.717) is 6.54 Å². The van der Waals surface area contributed by atoms with Crippen molar-refractivity contribution >= 4 is 16.6 Å². The van der Waals surface area contributed by atoms with Gasteiger partial charge in [-0.2, -0.15) is 0 Å². The van der Waals surface area contributed by atoms with Gasteiger partial charge in [0.2, 0.25) is 0 Å². The Morgan fingerprint density at radius 3 is 2.35 bits per heavy atom. The van der Waals surface area contributed by atoms with E-state index >= 15 is 0 Å². The zero-order valence-corrected chi connectivity index (χ0v) is 14.1. The molecule has 0 bridgehead atoms. The molecule has 0 atom stereocenters. The molecule has 0 aliphatic heterocycles. The number of H-pyrrole nitrogens is 1. The molecule has 3 aromatic rings. The maximum absolute atomic E-state index is 12.4. The maximum Gasteiger partial charge on any atom is 0.253 e. The van der Waals surface area contributed by atoms with E-state index in [-0.39, 0.29) is 5.56 Å². The molecule has 2 aromatic carbocycles. The highest BCUT2D eigenvalue weighted by Gasteiger charge is 2.08. The van der Waals surface area contributed by atoms with E-state index in [1.54, 1.807) is 0 Å². The summed E-state index contributed by atoms with van der Waals surface area (Å²) in [6, 6.07) is 12.3. The van der Waals surface area contributed by atoms with Crippen LogP contribution in [0.4, 0.5) is 5.69 Å². The minimum atomic E-state index is -0.0232. The summed E-state index contributed by atoms with van der Waals surface area (Å²) in [6.07, 6.45) is 0. The number of hydrogen-bond donors (Lipinski definition) is 2. The van der Waals surface area contributed by atoms with Crippen LogP contribution in [0.2, 0.25) is 0 Å². The molecule has 0 spiro atoms. The Morgan fingerprint density at radius 1 is 0.957 bits per heavy atom. The van der Waals surface area contributed by atoms with Crippen LogP contribution in [0.15, 0.2) is 41.2 Å². The van der Waals surface area contributed by atoms with E-state index < -0.39 is 0 Å². The summed E-state index contributed by atoms with van der Waals surface area (Å²) in [5.74, 6) is 0. The highest BCUT2D eigenvalue weighted by atomic mass is 16.1.